The van der Waals surface area contributed by atoms with Crippen molar-refractivity contribution in [2.45, 2.75) is 70.0 Å². The maximum absolute atomic E-state index is 12.3. The fraction of sp³-hybridized carbons (Fsp3) is 0.219. The molecule has 8 N–H and O–H groups in total. The van der Waals surface area contributed by atoms with E-state index in [1.165, 1.54) is 23.5 Å². The number of primary amides is 3. The second kappa shape index (κ2) is 31.2. The number of carbonyl (C=O) groups is 6. The molecule has 0 unspecified atom stereocenters. The number of para-hydroxylation sites is 3. The third-order valence-electron chi connectivity index (χ3n) is 16.2. The number of amides is 6. The smallest absolute Gasteiger partial charge is 0.298 e. The molecular formula is C73H72N12O9S. The minimum Gasteiger partial charge on any atom is -0.457 e. The standard InChI is InChI=1S/C25H23N3O3S.C24H25N5O3.C24H24N4O3/c1-2-7-22(29)28-15-6-8-18(28)16-21-27-23(24(32-21)25(26)30)17-11-13-20(14-12-17)31-19-9-4-3-5-10-19;1-2-20(30)28-14-6-7-17(15-28)29-23(25)21(24(26)31)22(27-29)16-10-12-19(13-11-16)32-18-8-4-3-5-9-18;1-2-22(29)27-14-12-18(13-15-27)28-16-21(24(25)30)23(26-28)17-8-10-20(11-9-17)31-19-6-4-3-5-7-19/h3-5,9-14,18H,6,8,15-16H2,1H3,(H2,26,30);2-5,8-13,17H,1,6-7,14-15,25H2,(H2,26,31);2-11,16,18H,1,12-15H2,(H2,25,30)/t18-;17-;/m01./s1. The molecule has 6 aromatic carbocycles. The van der Waals surface area contributed by atoms with Gasteiger partial charge in [-0.3, -0.25) is 33.4 Å². The maximum Gasteiger partial charge on any atom is 0.298 e. The number of nitrogens with two attached hydrogens (primary N) is 4. The van der Waals surface area contributed by atoms with Crippen molar-refractivity contribution in [2.24, 2.45) is 17.2 Å². The number of hydrogen-bond donors (Lipinski definition) is 4. The molecule has 3 aromatic heterocycles. The molecule has 95 heavy (non-hydrogen) atoms. The van der Waals surface area contributed by atoms with Gasteiger partial charge in [-0.05, 0) is 173 Å². The number of thiazole rings is 1. The van der Waals surface area contributed by atoms with Crippen LogP contribution in [0.15, 0.2) is 195 Å². The van der Waals surface area contributed by atoms with Gasteiger partial charge in [0.1, 0.15) is 62.1 Å². The van der Waals surface area contributed by atoms with Crippen LogP contribution < -0.4 is 37.1 Å². The van der Waals surface area contributed by atoms with Crippen molar-refractivity contribution in [3.8, 4) is 80.1 Å². The molecule has 9 aromatic rings. The molecule has 0 saturated carbocycles. The molecule has 12 rings (SSSR count). The quantitative estimate of drug-likeness (QED) is 0.0460. The number of aromatic nitrogens is 5. The Kier molecular flexibility index (Phi) is 21.8. The van der Waals surface area contributed by atoms with Crippen LogP contribution in [0.4, 0.5) is 5.82 Å². The number of carbonyl (C=O) groups excluding carboxylic acids is 6. The summed E-state index contributed by atoms with van der Waals surface area (Å²) in [6, 6.07) is 50.5. The number of likely N-dealkylation sites (tertiary alicyclic amines) is 3. The molecule has 21 nitrogen and oxygen atoms in total. The van der Waals surface area contributed by atoms with Crippen LogP contribution >= 0.6 is 11.3 Å². The Morgan fingerprint density at radius 1 is 0.558 bits per heavy atom. The van der Waals surface area contributed by atoms with E-state index in [1.807, 2.05) is 152 Å². The molecule has 0 bridgehead atoms. The molecule has 3 aliphatic rings. The molecule has 6 heterocycles. The molecular weight excluding hydrogens is 1220 g/mol. The van der Waals surface area contributed by atoms with Crippen LogP contribution in [0.2, 0.25) is 0 Å². The van der Waals surface area contributed by atoms with E-state index in [2.05, 4.69) is 35.2 Å². The number of hydrogen-bond acceptors (Lipinski definition) is 14. The van der Waals surface area contributed by atoms with E-state index in [4.69, 9.17) is 42.1 Å². The van der Waals surface area contributed by atoms with E-state index in [0.717, 1.165) is 71.9 Å². The van der Waals surface area contributed by atoms with Crippen LogP contribution in [0.25, 0.3) is 33.8 Å². The van der Waals surface area contributed by atoms with Gasteiger partial charge in [0.15, 0.2) is 0 Å². The average Bonchev–Trinajstić information content (AvgIpc) is 2.19. The monoisotopic (exact) mass is 1290 g/mol. The Hall–Kier alpha value is -11.6. The van der Waals surface area contributed by atoms with Crippen molar-refractivity contribution >= 4 is 52.6 Å². The fourth-order valence-corrected chi connectivity index (χ4v) is 12.5. The average molecular weight is 1290 g/mol. The summed E-state index contributed by atoms with van der Waals surface area (Å²) in [6.07, 6.45) is 9.85. The minimum absolute atomic E-state index is 0.0322. The lowest BCUT2D eigenvalue weighted by Crippen LogP contribution is -2.40. The maximum atomic E-state index is 12.3. The number of piperidine rings is 2. The topological polar surface area (TPSA) is 292 Å². The molecule has 3 saturated heterocycles. The first-order valence-electron chi connectivity index (χ1n) is 31.0. The summed E-state index contributed by atoms with van der Waals surface area (Å²) in [6.45, 7) is 11.8. The zero-order chi connectivity index (χ0) is 67.0. The summed E-state index contributed by atoms with van der Waals surface area (Å²) in [7, 11) is 0. The van der Waals surface area contributed by atoms with Gasteiger partial charge in [0, 0.05) is 68.1 Å². The van der Waals surface area contributed by atoms with Gasteiger partial charge in [-0.25, -0.2) is 9.67 Å². The lowest BCUT2D eigenvalue weighted by Gasteiger charge is -2.32. The number of rotatable bonds is 18. The predicted octanol–water partition coefficient (Wildman–Crippen LogP) is 11.4. The van der Waals surface area contributed by atoms with Crippen LogP contribution in [0.5, 0.6) is 34.5 Å². The van der Waals surface area contributed by atoms with Gasteiger partial charge in [-0.2, -0.15) is 10.2 Å². The van der Waals surface area contributed by atoms with Crippen molar-refractivity contribution in [3.05, 3.63) is 216 Å². The number of nitrogens with zero attached hydrogens (tertiary/aromatic N) is 8. The summed E-state index contributed by atoms with van der Waals surface area (Å²) in [5, 5.41) is 10.1. The largest absolute Gasteiger partial charge is 0.457 e. The lowest BCUT2D eigenvalue weighted by atomic mass is 10.1. The highest BCUT2D eigenvalue weighted by atomic mass is 32.1. The zero-order valence-electron chi connectivity index (χ0n) is 52.4. The Morgan fingerprint density at radius 2 is 1.04 bits per heavy atom. The summed E-state index contributed by atoms with van der Waals surface area (Å²) >= 11 is 1.29. The highest BCUT2D eigenvalue weighted by molar-refractivity contribution is 7.14. The summed E-state index contributed by atoms with van der Waals surface area (Å²) < 4.78 is 20.9. The predicted molar refractivity (Wildman–Crippen MR) is 364 cm³/mol. The fourth-order valence-electron chi connectivity index (χ4n) is 11.5. The van der Waals surface area contributed by atoms with Crippen LogP contribution in [0.3, 0.4) is 0 Å². The van der Waals surface area contributed by atoms with Gasteiger partial charge in [0.25, 0.3) is 23.6 Å². The molecule has 484 valence electrons. The van der Waals surface area contributed by atoms with Crippen LogP contribution in [-0.4, -0.2) is 113 Å². The molecule has 3 fully saturated rings. The van der Waals surface area contributed by atoms with Gasteiger partial charge >= 0.3 is 0 Å². The SMILES string of the molecule is C=CC(=O)N1CCC(n2cc(C(N)=O)c(-c3ccc(Oc4ccccc4)cc3)n2)CC1.C=CC(=O)N1CCC[C@@H](n2nc(-c3ccc(Oc4ccccc4)cc3)c(C(N)=O)c2N)C1.CC#CC(=O)N1CCC[C@H]1Cc1nc(-c2ccc(Oc3ccccc3)cc2)c(C(N)=O)s1. The first kappa shape index (κ1) is 66.4. The number of anilines is 1. The highest BCUT2D eigenvalue weighted by Crippen LogP contribution is 2.36. The first-order chi connectivity index (χ1) is 46.1. The third-order valence-corrected chi connectivity index (χ3v) is 17.3. The number of nitrogen functional groups attached to an aromatic ring is 1. The van der Waals surface area contributed by atoms with Gasteiger partial charge in [0.05, 0.1) is 28.3 Å². The van der Waals surface area contributed by atoms with Crippen molar-refractivity contribution in [2.75, 3.05) is 38.5 Å². The number of ether oxygens (including phenoxy) is 3. The van der Waals surface area contributed by atoms with E-state index in [-0.39, 0.29) is 47.2 Å². The number of benzene rings is 6. The third kappa shape index (κ3) is 16.6. The Morgan fingerprint density at radius 3 is 1.53 bits per heavy atom. The minimum atomic E-state index is -0.650. The molecule has 2 atom stereocenters. The van der Waals surface area contributed by atoms with Crippen molar-refractivity contribution in [1.29, 1.82) is 0 Å². The summed E-state index contributed by atoms with van der Waals surface area (Å²) in [5.74, 6) is 7.71. The molecule has 0 radical (unpaired) electrons. The van der Waals surface area contributed by atoms with Gasteiger partial charge < -0.3 is 51.8 Å². The second-order valence-corrected chi connectivity index (χ2v) is 23.6. The summed E-state index contributed by atoms with van der Waals surface area (Å²) in [4.78, 5) is 82.9. The van der Waals surface area contributed by atoms with Gasteiger partial charge in [-0.15, -0.1) is 11.3 Å². The zero-order valence-corrected chi connectivity index (χ0v) is 53.2. The van der Waals surface area contributed by atoms with E-state index in [9.17, 15) is 28.8 Å². The van der Waals surface area contributed by atoms with E-state index in [0.29, 0.717) is 89.5 Å². The molecule has 6 amide bonds. The second-order valence-electron chi connectivity index (χ2n) is 22.5. The van der Waals surface area contributed by atoms with Crippen LogP contribution in [0, 0.1) is 11.8 Å². The lowest BCUT2D eigenvalue weighted by molar-refractivity contribution is -0.128. The van der Waals surface area contributed by atoms with Gasteiger partial charge in [-0.1, -0.05) is 73.7 Å². The summed E-state index contributed by atoms with van der Waals surface area (Å²) in [5.41, 5.74) is 27.6. The normalized spacial score (nSPS) is 15.1. The molecule has 3 aliphatic heterocycles. The van der Waals surface area contributed by atoms with E-state index in [1.54, 1.807) is 49.3 Å². The van der Waals surface area contributed by atoms with Crippen LogP contribution in [0.1, 0.15) is 92.9 Å². The van der Waals surface area contributed by atoms with Crippen molar-refractivity contribution in [1.82, 2.24) is 39.2 Å². The van der Waals surface area contributed by atoms with E-state index < -0.39 is 17.7 Å². The van der Waals surface area contributed by atoms with Crippen LogP contribution in [-0.2, 0) is 20.8 Å². The highest BCUT2D eigenvalue weighted by Gasteiger charge is 2.32. The van der Waals surface area contributed by atoms with E-state index >= 15 is 0 Å². The Labute approximate surface area is 554 Å². The van der Waals surface area contributed by atoms with Crippen molar-refractivity contribution < 1.29 is 43.0 Å². The molecule has 0 aliphatic carbocycles. The molecule has 22 heteroatoms. The van der Waals surface area contributed by atoms with Crippen molar-refractivity contribution in [3.63, 3.8) is 0 Å². The Balaban J connectivity index is 0.000000155. The first-order valence-corrected chi connectivity index (χ1v) is 31.8. The Bertz CT molecular complexity index is 4270. The molecule has 0 spiro atoms. The van der Waals surface area contributed by atoms with Gasteiger partial charge in [0.2, 0.25) is 11.8 Å².